The van der Waals surface area contributed by atoms with E-state index in [-0.39, 0.29) is 11.3 Å². The van der Waals surface area contributed by atoms with Crippen molar-refractivity contribution in [2.24, 2.45) is 7.05 Å². The summed E-state index contributed by atoms with van der Waals surface area (Å²) in [6.45, 7) is 0. The smallest absolute Gasteiger partial charge is 0.235 e. The Balaban J connectivity index is 0.000000136. The molecular formula is C19H19ClN4OS. The van der Waals surface area contributed by atoms with Crippen LogP contribution in [0.3, 0.4) is 0 Å². The molecule has 1 aliphatic heterocycles. The number of nitrogens with zero attached hydrogens (tertiary/aromatic N) is 2. The van der Waals surface area contributed by atoms with Crippen molar-refractivity contribution in [2.75, 3.05) is 11.1 Å². The fourth-order valence-corrected chi connectivity index (χ4v) is 4.21. The van der Waals surface area contributed by atoms with Crippen LogP contribution in [0, 0.1) is 0 Å². The highest BCUT2D eigenvalue weighted by Gasteiger charge is 2.51. The second kappa shape index (κ2) is 6.21. The summed E-state index contributed by atoms with van der Waals surface area (Å²) in [4.78, 5) is 12.9. The van der Waals surface area contributed by atoms with E-state index in [1.807, 2.05) is 42.2 Å². The summed E-state index contributed by atoms with van der Waals surface area (Å²) in [5, 5.41) is 8.64. The summed E-state index contributed by atoms with van der Waals surface area (Å²) >= 11 is 10.4. The van der Waals surface area contributed by atoms with Crippen molar-refractivity contribution >= 4 is 52.4 Å². The molecular weight excluding hydrogens is 368 g/mol. The number of halogens is 1. The quantitative estimate of drug-likeness (QED) is 0.401. The molecule has 0 radical (unpaired) electrons. The molecule has 3 N–H and O–H groups in total. The second-order valence-corrected chi connectivity index (χ2v) is 7.68. The molecule has 2 heterocycles. The molecule has 0 bridgehead atoms. The molecule has 7 heteroatoms. The molecule has 0 atom stereocenters. The van der Waals surface area contributed by atoms with Crippen LogP contribution in [0.25, 0.3) is 10.9 Å². The van der Waals surface area contributed by atoms with E-state index in [4.69, 9.17) is 17.3 Å². The van der Waals surface area contributed by atoms with E-state index in [2.05, 4.69) is 23.0 Å². The number of aryl methyl sites for hydroxylation is 1. The number of nitrogens with one attached hydrogen (secondary N) is 1. The Bertz CT molecular complexity index is 1030. The number of benzene rings is 2. The van der Waals surface area contributed by atoms with Crippen LogP contribution >= 0.6 is 24.2 Å². The third kappa shape index (κ3) is 2.56. The number of amides is 1. The molecule has 26 heavy (non-hydrogen) atoms. The molecule has 2 aromatic carbocycles. The Kier molecular flexibility index (Phi) is 4.12. The predicted octanol–water partition coefficient (Wildman–Crippen LogP) is 4.16. The van der Waals surface area contributed by atoms with Crippen molar-refractivity contribution in [3.8, 4) is 0 Å². The molecule has 5 nitrogen and oxygen atoms in total. The minimum Gasteiger partial charge on any atom is -0.399 e. The van der Waals surface area contributed by atoms with Gasteiger partial charge in [-0.25, -0.2) is 0 Å². The zero-order valence-electron chi connectivity index (χ0n) is 14.3. The van der Waals surface area contributed by atoms with Crippen LogP contribution in [0.5, 0.6) is 0 Å². The van der Waals surface area contributed by atoms with Crippen LogP contribution in [0.1, 0.15) is 24.8 Å². The molecule has 2 aliphatic rings. The van der Waals surface area contributed by atoms with E-state index in [1.54, 1.807) is 6.07 Å². The number of hydrogen-bond donors (Lipinski definition) is 3. The lowest BCUT2D eigenvalue weighted by Gasteiger charge is -2.36. The van der Waals surface area contributed by atoms with Gasteiger partial charge in [0.25, 0.3) is 0 Å². The average Bonchev–Trinajstić information content (AvgIpc) is 3.07. The molecule has 0 saturated heterocycles. The average molecular weight is 387 g/mol. The van der Waals surface area contributed by atoms with E-state index >= 15 is 0 Å². The summed E-state index contributed by atoms with van der Waals surface area (Å²) < 4.78 is 1.84. The summed E-state index contributed by atoms with van der Waals surface area (Å²) in [5.41, 5.74) is 8.93. The van der Waals surface area contributed by atoms with Crippen LogP contribution in [0.15, 0.2) is 41.4 Å². The second-order valence-electron chi connectivity index (χ2n) is 6.79. The van der Waals surface area contributed by atoms with E-state index in [0.717, 1.165) is 46.3 Å². The van der Waals surface area contributed by atoms with E-state index in [9.17, 15) is 4.79 Å². The lowest BCUT2D eigenvalue weighted by Crippen LogP contribution is -2.40. The van der Waals surface area contributed by atoms with Gasteiger partial charge in [0.15, 0.2) is 0 Å². The third-order valence-electron chi connectivity index (χ3n) is 5.28. The topological polar surface area (TPSA) is 72.9 Å². The minimum atomic E-state index is -0.325. The SMILES string of the molecule is Cn1ncc2c(S)cccc21.Nc1cc(Cl)c2c(c1)C1(CCC1)C(=O)N2. The first-order chi connectivity index (χ1) is 12.4. The lowest BCUT2D eigenvalue weighted by molar-refractivity contribution is -0.123. The number of aromatic nitrogens is 2. The maximum Gasteiger partial charge on any atom is 0.235 e. The Hall–Kier alpha value is -2.18. The standard InChI is InChI=1S/C11H11ClN2O.C8H8N2S/c12-8-5-6(13)4-7-9(8)14-10(15)11(7)2-1-3-11;1-10-7-3-2-4-8(11)6(7)5-9-10/h4-5H,1-3,13H2,(H,14,15);2-5,11H,1H3. The molecule has 1 fully saturated rings. The van der Waals surface area contributed by atoms with E-state index < -0.39 is 0 Å². The zero-order valence-corrected chi connectivity index (χ0v) is 15.9. The molecule has 1 amide bonds. The third-order valence-corrected chi connectivity index (χ3v) is 5.97. The van der Waals surface area contributed by atoms with Crippen LogP contribution < -0.4 is 11.1 Å². The van der Waals surface area contributed by atoms with Crippen molar-refractivity contribution in [2.45, 2.75) is 29.6 Å². The Morgan fingerprint density at radius 1 is 1.35 bits per heavy atom. The molecule has 1 aromatic heterocycles. The highest BCUT2D eigenvalue weighted by molar-refractivity contribution is 7.80. The normalized spacial score (nSPS) is 16.7. The lowest BCUT2D eigenvalue weighted by atomic mass is 9.65. The van der Waals surface area contributed by atoms with Crippen LogP contribution in [0.2, 0.25) is 5.02 Å². The van der Waals surface area contributed by atoms with Crippen molar-refractivity contribution in [3.63, 3.8) is 0 Å². The molecule has 1 aliphatic carbocycles. The molecule has 1 saturated carbocycles. The van der Waals surface area contributed by atoms with Crippen LogP contribution in [0.4, 0.5) is 11.4 Å². The van der Waals surface area contributed by atoms with Gasteiger partial charge in [-0.3, -0.25) is 9.48 Å². The van der Waals surface area contributed by atoms with Gasteiger partial charge in [0.1, 0.15) is 0 Å². The largest absolute Gasteiger partial charge is 0.399 e. The molecule has 134 valence electrons. The number of nitrogens with two attached hydrogens (primary N) is 1. The van der Waals surface area contributed by atoms with E-state index in [1.165, 1.54) is 0 Å². The van der Waals surface area contributed by atoms with Gasteiger partial charge in [-0.15, -0.1) is 12.6 Å². The molecule has 0 unspecified atom stereocenters. The van der Waals surface area contributed by atoms with Crippen LogP contribution in [-0.4, -0.2) is 15.7 Å². The minimum absolute atomic E-state index is 0.0799. The van der Waals surface area contributed by atoms with Crippen molar-refractivity contribution in [3.05, 3.63) is 47.1 Å². The first-order valence-electron chi connectivity index (χ1n) is 8.43. The zero-order chi connectivity index (χ0) is 18.5. The van der Waals surface area contributed by atoms with Crippen molar-refractivity contribution in [1.82, 2.24) is 9.78 Å². The van der Waals surface area contributed by atoms with Gasteiger partial charge in [-0.1, -0.05) is 24.1 Å². The molecule has 5 rings (SSSR count). The molecule has 1 spiro atoms. The summed E-state index contributed by atoms with van der Waals surface area (Å²) in [7, 11) is 1.93. The number of carbonyl (C=O) groups excluding carboxylic acids is 1. The van der Waals surface area contributed by atoms with Crippen molar-refractivity contribution < 1.29 is 4.79 Å². The number of fused-ring (bicyclic) bond motifs is 3. The maximum atomic E-state index is 11.9. The van der Waals surface area contributed by atoms with Gasteiger partial charge in [-0.2, -0.15) is 5.10 Å². The Labute approximate surface area is 161 Å². The summed E-state index contributed by atoms with van der Waals surface area (Å²) in [6.07, 6.45) is 4.74. The highest BCUT2D eigenvalue weighted by Crippen LogP contribution is 2.53. The summed E-state index contributed by atoms with van der Waals surface area (Å²) in [5.74, 6) is 0.0799. The number of anilines is 2. The van der Waals surface area contributed by atoms with E-state index in [0.29, 0.717) is 10.7 Å². The predicted molar refractivity (Wildman–Crippen MR) is 108 cm³/mol. The number of carbonyl (C=O) groups is 1. The van der Waals surface area contributed by atoms with Crippen LogP contribution in [-0.2, 0) is 17.3 Å². The summed E-state index contributed by atoms with van der Waals surface area (Å²) in [6, 6.07) is 9.53. The Morgan fingerprint density at radius 2 is 2.12 bits per heavy atom. The van der Waals surface area contributed by atoms with Gasteiger partial charge in [0.2, 0.25) is 5.91 Å². The monoisotopic (exact) mass is 386 g/mol. The van der Waals surface area contributed by atoms with Gasteiger partial charge in [0.05, 0.1) is 27.8 Å². The highest BCUT2D eigenvalue weighted by atomic mass is 35.5. The maximum absolute atomic E-state index is 11.9. The Morgan fingerprint density at radius 3 is 2.77 bits per heavy atom. The number of nitrogen functional groups attached to an aromatic ring is 1. The van der Waals surface area contributed by atoms with Gasteiger partial charge >= 0.3 is 0 Å². The number of rotatable bonds is 0. The fourth-order valence-electron chi connectivity index (χ4n) is 3.68. The van der Waals surface area contributed by atoms with Gasteiger partial charge in [-0.05, 0) is 42.7 Å². The first-order valence-corrected chi connectivity index (χ1v) is 9.25. The molecule has 3 aromatic rings. The number of hydrogen-bond acceptors (Lipinski definition) is 4. The van der Waals surface area contributed by atoms with Gasteiger partial charge < -0.3 is 11.1 Å². The van der Waals surface area contributed by atoms with Gasteiger partial charge in [0, 0.05) is 23.0 Å². The number of thiol groups is 1. The van der Waals surface area contributed by atoms with Crippen molar-refractivity contribution in [1.29, 1.82) is 0 Å². The fraction of sp³-hybridized carbons (Fsp3) is 0.263. The first kappa shape index (κ1) is 17.2.